The first-order valence-corrected chi connectivity index (χ1v) is 7.33. The van der Waals surface area contributed by atoms with Gasteiger partial charge in [0.25, 0.3) is 0 Å². The van der Waals surface area contributed by atoms with Gasteiger partial charge >= 0.3 is 0 Å². The summed E-state index contributed by atoms with van der Waals surface area (Å²) in [5.41, 5.74) is 1.27. The average molecular weight is 261 g/mol. The van der Waals surface area contributed by atoms with E-state index in [-0.39, 0.29) is 0 Å². The van der Waals surface area contributed by atoms with Crippen LogP contribution in [-0.2, 0) is 6.54 Å². The highest BCUT2D eigenvalue weighted by molar-refractivity contribution is 5.20. The Hall–Kier alpha value is -1.13. The van der Waals surface area contributed by atoms with Crippen molar-refractivity contribution < 1.29 is 4.74 Å². The summed E-state index contributed by atoms with van der Waals surface area (Å²) in [6, 6.07) is 4.89. The second kappa shape index (κ2) is 5.88. The molecule has 0 unspecified atom stereocenters. The first-order chi connectivity index (χ1) is 9.29. The number of hydrogen-bond acceptors (Lipinski definition) is 4. The van der Waals surface area contributed by atoms with Crippen molar-refractivity contribution in [2.24, 2.45) is 0 Å². The number of nitrogens with one attached hydrogen (secondary N) is 1. The highest BCUT2D eigenvalue weighted by Gasteiger charge is 2.20. The van der Waals surface area contributed by atoms with Gasteiger partial charge in [-0.3, -0.25) is 0 Å². The van der Waals surface area contributed by atoms with E-state index in [0.29, 0.717) is 6.10 Å². The Morgan fingerprint density at radius 2 is 2.11 bits per heavy atom. The third-order valence-corrected chi connectivity index (χ3v) is 3.92. The number of piperidine rings is 1. The third kappa shape index (κ3) is 3.91. The van der Waals surface area contributed by atoms with E-state index in [1.807, 2.05) is 6.20 Å². The Balaban J connectivity index is 1.53. The molecular weight excluding hydrogens is 238 g/mol. The van der Waals surface area contributed by atoms with Crippen molar-refractivity contribution in [1.29, 1.82) is 0 Å². The fraction of sp³-hybridized carbons (Fsp3) is 0.667. The summed E-state index contributed by atoms with van der Waals surface area (Å²) < 4.78 is 6.00. The zero-order valence-electron chi connectivity index (χ0n) is 11.6. The molecule has 19 heavy (non-hydrogen) atoms. The monoisotopic (exact) mass is 261 g/mol. The van der Waals surface area contributed by atoms with E-state index >= 15 is 0 Å². The Morgan fingerprint density at radius 3 is 2.84 bits per heavy atom. The van der Waals surface area contributed by atoms with Crippen LogP contribution >= 0.6 is 0 Å². The molecule has 1 N–H and O–H groups in total. The van der Waals surface area contributed by atoms with Crippen LogP contribution in [0.3, 0.4) is 0 Å². The average Bonchev–Trinajstić information content (AvgIpc) is 3.24. The van der Waals surface area contributed by atoms with Crippen LogP contribution in [0.5, 0.6) is 5.88 Å². The molecule has 0 bridgehead atoms. The van der Waals surface area contributed by atoms with Gasteiger partial charge in [-0.2, -0.15) is 0 Å². The van der Waals surface area contributed by atoms with Crippen LogP contribution in [0.25, 0.3) is 0 Å². The number of nitrogens with zero attached hydrogens (tertiary/aromatic N) is 2. The molecule has 1 saturated heterocycles. The lowest BCUT2D eigenvalue weighted by molar-refractivity contribution is 0.110. The Labute approximate surface area is 115 Å². The molecule has 1 aromatic heterocycles. The van der Waals surface area contributed by atoms with Gasteiger partial charge in [-0.15, -0.1) is 0 Å². The minimum absolute atomic E-state index is 0.329. The zero-order chi connectivity index (χ0) is 13.1. The van der Waals surface area contributed by atoms with Gasteiger partial charge in [0.05, 0.1) is 0 Å². The minimum Gasteiger partial charge on any atom is -0.474 e. The predicted molar refractivity (Wildman–Crippen MR) is 75.2 cm³/mol. The van der Waals surface area contributed by atoms with Crippen LogP contribution in [-0.4, -0.2) is 42.2 Å². The summed E-state index contributed by atoms with van der Waals surface area (Å²) in [7, 11) is 2.17. The van der Waals surface area contributed by atoms with Crippen molar-refractivity contribution in [3.8, 4) is 5.88 Å². The normalized spacial score (nSPS) is 21.5. The van der Waals surface area contributed by atoms with Crippen LogP contribution in [0, 0.1) is 0 Å². The lowest BCUT2D eigenvalue weighted by Gasteiger charge is -2.28. The van der Waals surface area contributed by atoms with Crippen molar-refractivity contribution in [3.63, 3.8) is 0 Å². The van der Waals surface area contributed by atoms with Crippen LogP contribution in [0.4, 0.5) is 0 Å². The quantitative estimate of drug-likeness (QED) is 0.877. The van der Waals surface area contributed by atoms with Gasteiger partial charge in [0.1, 0.15) is 6.10 Å². The summed E-state index contributed by atoms with van der Waals surface area (Å²) in [6.45, 7) is 3.16. The van der Waals surface area contributed by atoms with Crippen molar-refractivity contribution in [2.45, 2.75) is 44.4 Å². The molecular formula is C15H23N3O. The minimum atomic E-state index is 0.329. The summed E-state index contributed by atoms with van der Waals surface area (Å²) >= 11 is 0. The topological polar surface area (TPSA) is 37.4 Å². The lowest BCUT2D eigenvalue weighted by atomic mass is 10.1. The molecule has 0 spiro atoms. The maximum atomic E-state index is 6.00. The molecule has 1 aliphatic carbocycles. The zero-order valence-corrected chi connectivity index (χ0v) is 11.6. The molecule has 3 rings (SSSR count). The SMILES string of the molecule is CN1CCC(Oc2cc(CNC3CC3)ccn2)CC1. The molecule has 104 valence electrons. The van der Waals surface area contributed by atoms with E-state index in [2.05, 4.69) is 34.4 Å². The number of ether oxygens (including phenoxy) is 1. The van der Waals surface area contributed by atoms with Crippen LogP contribution < -0.4 is 10.1 Å². The Kier molecular flexibility index (Phi) is 3.99. The summed E-state index contributed by atoms with van der Waals surface area (Å²) in [4.78, 5) is 6.68. The largest absolute Gasteiger partial charge is 0.474 e. The number of aromatic nitrogens is 1. The number of hydrogen-bond donors (Lipinski definition) is 1. The molecule has 2 fully saturated rings. The van der Waals surface area contributed by atoms with Crippen LogP contribution in [0.1, 0.15) is 31.2 Å². The van der Waals surface area contributed by atoms with Gasteiger partial charge in [-0.05, 0) is 44.4 Å². The van der Waals surface area contributed by atoms with Gasteiger partial charge in [-0.25, -0.2) is 4.98 Å². The van der Waals surface area contributed by atoms with Crippen molar-refractivity contribution >= 4 is 0 Å². The molecule has 4 heteroatoms. The maximum Gasteiger partial charge on any atom is 0.213 e. The lowest BCUT2D eigenvalue weighted by Crippen LogP contribution is -2.35. The van der Waals surface area contributed by atoms with Crippen LogP contribution in [0.2, 0.25) is 0 Å². The van der Waals surface area contributed by atoms with E-state index in [0.717, 1.165) is 44.4 Å². The molecule has 0 atom stereocenters. The highest BCUT2D eigenvalue weighted by Crippen LogP contribution is 2.20. The second-order valence-corrected chi connectivity index (χ2v) is 5.78. The highest BCUT2D eigenvalue weighted by atomic mass is 16.5. The fourth-order valence-electron chi connectivity index (χ4n) is 2.45. The van der Waals surface area contributed by atoms with E-state index in [9.17, 15) is 0 Å². The molecule has 2 aliphatic rings. The predicted octanol–water partition coefficient (Wildman–Crippen LogP) is 1.81. The fourth-order valence-corrected chi connectivity index (χ4v) is 2.45. The number of likely N-dealkylation sites (tertiary alicyclic amines) is 1. The third-order valence-electron chi connectivity index (χ3n) is 3.92. The number of pyridine rings is 1. The first kappa shape index (κ1) is 12.9. The van der Waals surface area contributed by atoms with Gasteiger partial charge in [0.15, 0.2) is 0 Å². The summed E-state index contributed by atoms with van der Waals surface area (Å²) in [5.74, 6) is 0.782. The molecule has 2 heterocycles. The molecule has 1 saturated carbocycles. The maximum absolute atomic E-state index is 6.00. The van der Waals surface area contributed by atoms with E-state index in [1.165, 1.54) is 18.4 Å². The van der Waals surface area contributed by atoms with Gasteiger partial charge in [-0.1, -0.05) is 0 Å². The molecule has 1 aromatic rings. The van der Waals surface area contributed by atoms with E-state index in [4.69, 9.17) is 4.74 Å². The van der Waals surface area contributed by atoms with Gasteiger partial charge in [0, 0.05) is 37.9 Å². The molecule has 0 aromatic carbocycles. The van der Waals surface area contributed by atoms with Gasteiger partial charge < -0.3 is 15.0 Å². The summed E-state index contributed by atoms with van der Waals surface area (Å²) in [6.07, 6.45) is 7.03. The standard InChI is InChI=1S/C15H23N3O/c1-18-8-5-14(6-9-18)19-15-10-12(4-7-16-15)11-17-13-2-3-13/h4,7,10,13-14,17H,2-3,5-6,8-9,11H2,1H3. The summed E-state index contributed by atoms with van der Waals surface area (Å²) in [5, 5.41) is 3.52. The molecule has 4 nitrogen and oxygen atoms in total. The van der Waals surface area contributed by atoms with Crippen molar-refractivity contribution in [3.05, 3.63) is 23.9 Å². The van der Waals surface area contributed by atoms with Crippen molar-refractivity contribution in [1.82, 2.24) is 15.2 Å². The Morgan fingerprint density at radius 1 is 1.32 bits per heavy atom. The van der Waals surface area contributed by atoms with Crippen molar-refractivity contribution in [2.75, 3.05) is 20.1 Å². The molecule has 0 amide bonds. The van der Waals surface area contributed by atoms with Gasteiger partial charge in [0.2, 0.25) is 5.88 Å². The molecule has 0 radical (unpaired) electrons. The van der Waals surface area contributed by atoms with Crippen LogP contribution in [0.15, 0.2) is 18.3 Å². The molecule has 1 aliphatic heterocycles. The first-order valence-electron chi connectivity index (χ1n) is 7.33. The smallest absolute Gasteiger partial charge is 0.213 e. The van der Waals surface area contributed by atoms with E-state index < -0.39 is 0 Å². The Bertz CT molecular complexity index is 412. The number of rotatable bonds is 5. The van der Waals surface area contributed by atoms with E-state index in [1.54, 1.807) is 0 Å². The second-order valence-electron chi connectivity index (χ2n) is 5.78.